The monoisotopic (exact) mass is 412 g/mol. The van der Waals surface area contributed by atoms with Gasteiger partial charge in [-0.3, -0.25) is 9.88 Å². The molecule has 0 radical (unpaired) electrons. The van der Waals surface area contributed by atoms with Crippen molar-refractivity contribution in [3.05, 3.63) is 88.6 Å². The molecule has 3 aromatic rings. The first kappa shape index (κ1) is 21.8. The molecule has 0 spiro atoms. The van der Waals surface area contributed by atoms with E-state index in [1.165, 1.54) is 59.2 Å². The second-order valence-electron chi connectivity index (χ2n) is 8.93. The third-order valence-corrected chi connectivity index (χ3v) is 6.89. The molecule has 1 heterocycles. The van der Waals surface area contributed by atoms with Crippen molar-refractivity contribution in [2.45, 2.75) is 78.4 Å². The van der Waals surface area contributed by atoms with Crippen LogP contribution in [-0.2, 0) is 25.9 Å². The summed E-state index contributed by atoms with van der Waals surface area (Å²) in [4.78, 5) is 7.80. The first-order valence-corrected chi connectivity index (χ1v) is 12.0. The molecule has 0 N–H and O–H groups in total. The molecule has 0 bridgehead atoms. The zero-order chi connectivity index (χ0) is 21.6. The number of aryl methyl sites for hydroxylation is 3. The van der Waals surface area contributed by atoms with Crippen LogP contribution >= 0.6 is 0 Å². The SMILES string of the molecule is CCc1cccc(CC)c1-c1ccc(CN(Cc2ccccc2)C2CCCC2)c(C)n1. The fourth-order valence-electron chi connectivity index (χ4n) is 5.09. The van der Waals surface area contributed by atoms with E-state index in [1.807, 2.05) is 0 Å². The van der Waals surface area contributed by atoms with E-state index in [9.17, 15) is 0 Å². The van der Waals surface area contributed by atoms with Crippen LogP contribution in [0.2, 0.25) is 0 Å². The van der Waals surface area contributed by atoms with Crippen LogP contribution in [0.3, 0.4) is 0 Å². The maximum absolute atomic E-state index is 5.12. The Hall–Kier alpha value is -2.45. The second kappa shape index (κ2) is 10.2. The molecule has 1 fully saturated rings. The molecule has 1 aliphatic carbocycles. The highest BCUT2D eigenvalue weighted by Gasteiger charge is 2.23. The molecule has 0 unspecified atom stereocenters. The summed E-state index contributed by atoms with van der Waals surface area (Å²) in [6.45, 7) is 8.67. The molecular weight excluding hydrogens is 376 g/mol. The topological polar surface area (TPSA) is 16.1 Å². The number of hydrogen-bond donors (Lipinski definition) is 0. The quantitative estimate of drug-likeness (QED) is 0.391. The van der Waals surface area contributed by atoms with E-state index in [4.69, 9.17) is 4.98 Å². The highest BCUT2D eigenvalue weighted by Crippen LogP contribution is 2.30. The van der Waals surface area contributed by atoms with Crippen molar-refractivity contribution < 1.29 is 0 Å². The van der Waals surface area contributed by atoms with E-state index in [0.29, 0.717) is 6.04 Å². The minimum absolute atomic E-state index is 0.687. The Bertz CT molecular complexity index is 965. The predicted octanol–water partition coefficient (Wildman–Crippen LogP) is 7.13. The Labute approximate surface area is 188 Å². The molecule has 0 saturated heterocycles. The fraction of sp³-hybridized carbons (Fsp3) is 0.414. The minimum atomic E-state index is 0.687. The van der Waals surface area contributed by atoms with E-state index >= 15 is 0 Å². The largest absolute Gasteiger partial charge is 0.292 e. The summed E-state index contributed by atoms with van der Waals surface area (Å²) >= 11 is 0. The molecule has 31 heavy (non-hydrogen) atoms. The van der Waals surface area contributed by atoms with Gasteiger partial charge in [0.15, 0.2) is 0 Å². The number of nitrogens with zero attached hydrogens (tertiary/aromatic N) is 2. The molecule has 4 rings (SSSR count). The van der Waals surface area contributed by atoms with Crippen molar-refractivity contribution in [1.29, 1.82) is 0 Å². The van der Waals surface area contributed by atoms with E-state index in [1.54, 1.807) is 0 Å². The highest BCUT2D eigenvalue weighted by molar-refractivity contribution is 5.68. The lowest BCUT2D eigenvalue weighted by molar-refractivity contribution is 0.180. The van der Waals surface area contributed by atoms with Crippen LogP contribution in [0, 0.1) is 6.92 Å². The zero-order valence-electron chi connectivity index (χ0n) is 19.4. The summed E-state index contributed by atoms with van der Waals surface area (Å²) in [5, 5.41) is 0. The fourth-order valence-corrected chi connectivity index (χ4v) is 5.09. The number of benzene rings is 2. The zero-order valence-corrected chi connectivity index (χ0v) is 19.4. The van der Waals surface area contributed by atoms with Crippen molar-refractivity contribution >= 4 is 0 Å². The molecule has 0 amide bonds. The molecule has 1 saturated carbocycles. The van der Waals surface area contributed by atoms with Crippen LogP contribution in [0.25, 0.3) is 11.3 Å². The number of aromatic nitrogens is 1. The van der Waals surface area contributed by atoms with Gasteiger partial charge in [0, 0.05) is 30.4 Å². The molecular formula is C29H36N2. The number of rotatable bonds is 8. The predicted molar refractivity (Wildman–Crippen MR) is 131 cm³/mol. The standard InChI is InChI=1S/C29H36N2/c1-4-24-14-11-15-25(5-2)29(24)28-19-18-26(22(3)30-28)21-31(27-16-9-10-17-27)20-23-12-7-6-8-13-23/h6-8,11-15,18-19,27H,4-5,9-10,16-17,20-21H2,1-3H3. The lowest BCUT2D eigenvalue weighted by Crippen LogP contribution is -2.32. The average molecular weight is 413 g/mol. The van der Waals surface area contributed by atoms with E-state index in [0.717, 1.165) is 31.6 Å². The Kier molecular flexibility index (Phi) is 7.19. The number of pyridine rings is 1. The average Bonchev–Trinajstić information content (AvgIpc) is 3.35. The lowest BCUT2D eigenvalue weighted by atomic mass is 9.94. The minimum Gasteiger partial charge on any atom is -0.292 e. The molecule has 1 aliphatic rings. The highest BCUT2D eigenvalue weighted by atomic mass is 15.2. The number of hydrogen-bond acceptors (Lipinski definition) is 2. The molecule has 162 valence electrons. The lowest BCUT2D eigenvalue weighted by Gasteiger charge is -2.29. The van der Waals surface area contributed by atoms with E-state index < -0.39 is 0 Å². The summed E-state index contributed by atoms with van der Waals surface area (Å²) < 4.78 is 0. The van der Waals surface area contributed by atoms with Crippen LogP contribution in [-0.4, -0.2) is 15.9 Å². The molecule has 2 nitrogen and oxygen atoms in total. The van der Waals surface area contributed by atoms with Gasteiger partial charge >= 0.3 is 0 Å². The molecule has 0 atom stereocenters. The van der Waals surface area contributed by atoms with Gasteiger partial charge in [0.05, 0.1) is 5.69 Å². The van der Waals surface area contributed by atoms with Gasteiger partial charge in [-0.1, -0.05) is 81.3 Å². The van der Waals surface area contributed by atoms with Crippen LogP contribution in [0.1, 0.15) is 67.5 Å². The third-order valence-electron chi connectivity index (χ3n) is 6.89. The first-order valence-electron chi connectivity index (χ1n) is 12.0. The van der Waals surface area contributed by atoms with Crippen LogP contribution in [0.5, 0.6) is 0 Å². The Balaban J connectivity index is 1.61. The summed E-state index contributed by atoms with van der Waals surface area (Å²) in [6, 6.07) is 22.9. The van der Waals surface area contributed by atoms with Crippen LogP contribution < -0.4 is 0 Å². The van der Waals surface area contributed by atoms with Crippen LogP contribution in [0.4, 0.5) is 0 Å². The summed E-state index contributed by atoms with van der Waals surface area (Å²) in [6.07, 6.45) is 7.44. The van der Waals surface area contributed by atoms with Crippen molar-refractivity contribution in [3.8, 4) is 11.3 Å². The maximum Gasteiger partial charge on any atom is 0.0710 e. The normalized spacial score (nSPS) is 14.5. The summed E-state index contributed by atoms with van der Waals surface area (Å²) in [5.41, 5.74) is 9.21. The van der Waals surface area contributed by atoms with Gasteiger partial charge in [0.1, 0.15) is 0 Å². The van der Waals surface area contributed by atoms with Gasteiger partial charge in [0.25, 0.3) is 0 Å². The van der Waals surface area contributed by atoms with Crippen LogP contribution in [0.15, 0.2) is 60.7 Å². The Morgan fingerprint density at radius 3 is 2.06 bits per heavy atom. The second-order valence-corrected chi connectivity index (χ2v) is 8.93. The van der Waals surface area contributed by atoms with Crippen molar-refractivity contribution in [2.75, 3.05) is 0 Å². The molecule has 1 aromatic heterocycles. The Morgan fingerprint density at radius 1 is 0.774 bits per heavy atom. The van der Waals surface area contributed by atoms with Gasteiger partial charge < -0.3 is 0 Å². The van der Waals surface area contributed by atoms with Gasteiger partial charge in [-0.15, -0.1) is 0 Å². The smallest absolute Gasteiger partial charge is 0.0710 e. The molecule has 2 heteroatoms. The van der Waals surface area contributed by atoms with Gasteiger partial charge in [-0.05, 0) is 60.9 Å². The van der Waals surface area contributed by atoms with Gasteiger partial charge in [-0.25, -0.2) is 0 Å². The summed E-state index contributed by atoms with van der Waals surface area (Å²) in [5.74, 6) is 0. The van der Waals surface area contributed by atoms with Crippen molar-refractivity contribution in [3.63, 3.8) is 0 Å². The molecule has 2 aromatic carbocycles. The van der Waals surface area contributed by atoms with Gasteiger partial charge in [-0.2, -0.15) is 0 Å². The van der Waals surface area contributed by atoms with Crippen molar-refractivity contribution in [2.24, 2.45) is 0 Å². The van der Waals surface area contributed by atoms with Crippen molar-refractivity contribution in [1.82, 2.24) is 9.88 Å². The maximum atomic E-state index is 5.12. The third kappa shape index (κ3) is 5.07. The van der Waals surface area contributed by atoms with E-state index in [2.05, 4.69) is 86.3 Å². The first-order chi connectivity index (χ1) is 15.2. The van der Waals surface area contributed by atoms with Gasteiger partial charge in [0.2, 0.25) is 0 Å². The summed E-state index contributed by atoms with van der Waals surface area (Å²) in [7, 11) is 0. The Morgan fingerprint density at radius 2 is 1.45 bits per heavy atom. The molecule has 0 aliphatic heterocycles. The van der Waals surface area contributed by atoms with E-state index in [-0.39, 0.29) is 0 Å².